The van der Waals surface area contributed by atoms with E-state index in [0.717, 1.165) is 25.2 Å². The monoisotopic (exact) mass is 358 g/mol. The van der Waals surface area contributed by atoms with Gasteiger partial charge in [-0.15, -0.1) is 0 Å². The van der Waals surface area contributed by atoms with Crippen molar-refractivity contribution in [3.05, 3.63) is 33.8 Å². The van der Waals surface area contributed by atoms with Crippen LogP contribution in [0.15, 0.2) is 18.2 Å². The lowest BCUT2D eigenvalue weighted by molar-refractivity contribution is -0.123. The maximum atomic E-state index is 11.9. The third-order valence-electron chi connectivity index (χ3n) is 3.64. The van der Waals surface area contributed by atoms with E-state index in [9.17, 15) is 4.79 Å². The molecule has 0 spiro atoms. The highest BCUT2D eigenvalue weighted by Crippen LogP contribution is 2.29. The van der Waals surface area contributed by atoms with Crippen molar-refractivity contribution in [1.29, 1.82) is 0 Å². The van der Waals surface area contributed by atoms with Crippen LogP contribution in [0, 0.1) is 0 Å². The average Bonchev–Trinajstić information content (AvgIpc) is 2.46. The lowest BCUT2D eigenvalue weighted by atomic mass is 10.1. The second-order valence-corrected chi connectivity index (χ2v) is 7.70. The molecule has 1 saturated heterocycles. The zero-order valence-electron chi connectivity index (χ0n) is 13.9. The van der Waals surface area contributed by atoms with Gasteiger partial charge in [0.05, 0.1) is 22.8 Å². The Kier molecular flexibility index (Phi) is 6.32. The van der Waals surface area contributed by atoms with Crippen molar-refractivity contribution >= 4 is 29.1 Å². The topological polar surface area (TPSA) is 41.6 Å². The molecule has 2 rings (SSSR count). The molecule has 1 N–H and O–H groups in total. The average molecular weight is 359 g/mol. The molecular formula is C17H24Cl2N2O2. The molecule has 6 heteroatoms. The van der Waals surface area contributed by atoms with Crippen molar-refractivity contribution in [2.24, 2.45) is 0 Å². The lowest BCUT2D eigenvalue weighted by Gasteiger charge is -2.33. The number of morpholine rings is 1. The standard InChI is InChI=1S/C17H24Cl2N2O2/c1-17(2,3)20-16(22)6-7-21-8-9-23-15(11-21)12-4-5-13(18)14(19)10-12/h4-5,10,15H,6-9,11H2,1-3H3,(H,20,22). The Hall–Kier alpha value is -0.810. The van der Waals surface area contributed by atoms with Gasteiger partial charge in [-0.1, -0.05) is 29.3 Å². The Morgan fingerprint density at radius 1 is 1.35 bits per heavy atom. The molecule has 1 aliphatic rings. The quantitative estimate of drug-likeness (QED) is 0.892. The lowest BCUT2D eigenvalue weighted by Crippen LogP contribution is -2.44. The smallest absolute Gasteiger partial charge is 0.221 e. The first-order chi connectivity index (χ1) is 10.7. The number of halogens is 2. The van der Waals surface area contributed by atoms with Crippen LogP contribution in [0.3, 0.4) is 0 Å². The second kappa shape index (κ2) is 7.84. The Balaban J connectivity index is 1.88. The largest absolute Gasteiger partial charge is 0.371 e. The number of hydrogen-bond donors (Lipinski definition) is 1. The van der Waals surface area contributed by atoms with Gasteiger partial charge in [-0.3, -0.25) is 9.69 Å². The van der Waals surface area contributed by atoms with E-state index in [0.29, 0.717) is 23.1 Å². The number of ether oxygens (including phenoxy) is 1. The molecular weight excluding hydrogens is 335 g/mol. The summed E-state index contributed by atoms with van der Waals surface area (Å²) in [6.45, 7) is 8.91. The van der Waals surface area contributed by atoms with Crippen molar-refractivity contribution < 1.29 is 9.53 Å². The Labute approximate surface area is 148 Å². The highest BCUT2D eigenvalue weighted by molar-refractivity contribution is 6.42. The molecule has 23 heavy (non-hydrogen) atoms. The number of carbonyl (C=O) groups excluding carboxylic acids is 1. The summed E-state index contributed by atoms with van der Waals surface area (Å²) >= 11 is 12.0. The van der Waals surface area contributed by atoms with Gasteiger partial charge < -0.3 is 10.1 Å². The summed E-state index contributed by atoms with van der Waals surface area (Å²) < 4.78 is 5.83. The van der Waals surface area contributed by atoms with Crippen molar-refractivity contribution in [2.75, 3.05) is 26.2 Å². The maximum absolute atomic E-state index is 11.9. The molecule has 1 aromatic rings. The van der Waals surface area contributed by atoms with Gasteiger partial charge >= 0.3 is 0 Å². The van der Waals surface area contributed by atoms with Gasteiger partial charge in [0.1, 0.15) is 0 Å². The molecule has 1 unspecified atom stereocenters. The van der Waals surface area contributed by atoms with Crippen LogP contribution in [0.25, 0.3) is 0 Å². The van der Waals surface area contributed by atoms with Crippen LogP contribution < -0.4 is 5.32 Å². The first-order valence-corrected chi connectivity index (χ1v) is 8.60. The van der Waals surface area contributed by atoms with E-state index in [-0.39, 0.29) is 17.6 Å². The Morgan fingerprint density at radius 2 is 2.09 bits per heavy atom. The van der Waals surface area contributed by atoms with E-state index in [1.165, 1.54) is 0 Å². The number of rotatable bonds is 4. The van der Waals surface area contributed by atoms with Crippen LogP contribution in [-0.4, -0.2) is 42.6 Å². The third kappa shape index (κ3) is 5.96. The summed E-state index contributed by atoms with van der Waals surface area (Å²) in [6, 6.07) is 5.58. The maximum Gasteiger partial charge on any atom is 0.221 e. The predicted octanol–water partition coefficient (Wildman–Crippen LogP) is 3.67. The van der Waals surface area contributed by atoms with Crippen LogP contribution in [0.2, 0.25) is 10.0 Å². The molecule has 0 saturated carbocycles. The van der Waals surface area contributed by atoms with Crippen LogP contribution >= 0.6 is 23.2 Å². The molecule has 1 aliphatic heterocycles. The second-order valence-electron chi connectivity index (χ2n) is 6.88. The van der Waals surface area contributed by atoms with Crippen molar-refractivity contribution in [1.82, 2.24) is 10.2 Å². The summed E-state index contributed by atoms with van der Waals surface area (Å²) in [5.41, 5.74) is 0.827. The van der Waals surface area contributed by atoms with Gasteiger partial charge in [-0.25, -0.2) is 0 Å². The number of nitrogens with one attached hydrogen (secondary N) is 1. The third-order valence-corrected chi connectivity index (χ3v) is 4.37. The molecule has 1 heterocycles. The van der Waals surface area contributed by atoms with Gasteiger partial charge in [0.15, 0.2) is 0 Å². The summed E-state index contributed by atoms with van der Waals surface area (Å²) in [4.78, 5) is 14.2. The van der Waals surface area contributed by atoms with Gasteiger partial charge in [-0.05, 0) is 38.5 Å². The van der Waals surface area contributed by atoms with E-state index in [2.05, 4.69) is 10.2 Å². The fraction of sp³-hybridized carbons (Fsp3) is 0.588. The molecule has 0 radical (unpaired) electrons. The molecule has 4 nitrogen and oxygen atoms in total. The number of amides is 1. The highest BCUT2D eigenvalue weighted by Gasteiger charge is 2.23. The molecule has 1 atom stereocenters. The first kappa shape index (κ1) is 18.5. The summed E-state index contributed by atoms with van der Waals surface area (Å²) in [6.07, 6.45) is 0.454. The van der Waals surface area contributed by atoms with Crippen LogP contribution in [0.4, 0.5) is 0 Å². The Bertz CT molecular complexity index is 558. The fourth-order valence-electron chi connectivity index (χ4n) is 2.56. The highest BCUT2D eigenvalue weighted by atomic mass is 35.5. The van der Waals surface area contributed by atoms with Crippen LogP contribution in [-0.2, 0) is 9.53 Å². The number of nitrogens with zero attached hydrogens (tertiary/aromatic N) is 1. The van der Waals surface area contributed by atoms with Crippen LogP contribution in [0.1, 0.15) is 38.9 Å². The molecule has 128 valence electrons. The molecule has 1 amide bonds. The minimum atomic E-state index is -0.190. The summed E-state index contributed by atoms with van der Waals surface area (Å²) in [5, 5.41) is 4.07. The molecule has 1 fully saturated rings. The zero-order valence-corrected chi connectivity index (χ0v) is 15.4. The van der Waals surface area contributed by atoms with Gasteiger partial charge in [0.25, 0.3) is 0 Å². The van der Waals surface area contributed by atoms with Crippen molar-refractivity contribution in [3.63, 3.8) is 0 Å². The molecule has 1 aromatic carbocycles. The van der Waals surface area contributed by atoms with E-state index in [1.54, 1.807) is 6.07 Å². The van der Waals surface area contributed by atoms with Crippen molar-refractivity contribution in [3.8, 4) is 0 Å². The minimum absolute atomic E-state index is 0.0378. The van der Waals surface area contributed by atoms with Gasteiger partial charge in [0.2, 0.25) is 5.91 Å². The fourth-order valence-corrected chi connectivity index (χ4v) is 2.87. The summed E-state index contributed by atoms with van der Waals surface area (Å²) in [7, 11) is 0. The Morgan fingerprint density at radius 3 is 2.74 bits per heavy atom. The zero-order chi connectivity index (χ0) is 17.0. The normalized spacial score (nSPS) is 19.6. The van der Waals surface area contributed by atoms with E-state index < -0.39 is 0 Å². The van der Waals surface area contributed by atoms with E-state index in [1.807, 2.05) is 32.9 Å². The molecule has 0 aliphatic carbocycles. The number of hydrogen-bond acceptors (Lipinski definition) is 3. The SMILES string of the molecule is CC(C)(C)NC(=O)CCN1CCOC(c2ccc(Cl)c(Cl)c2)C1. The van der Waals surface area contributed by atoms with Gasteiger partial charge in [-0.2, -0.15) is 0 Å². The van der Waals surface area contributed by atoms with E-state index >= 15 is 0 Å². The van der Waals surface area contributed by atoms with Crippen molar-refractivity contribution in [2.45, 2.75) is 38.8 Å². The number of carbonyl (C=O) groups is 1. The number of benzene rings is 1. The molecule has 0 bridgehead atoms. The minimum Gasteiger partial charge on any atom is -0.371 e. The first-order valence-electron chi connectivity index (χ1n) is 7.84. The van der Waals surface area contributed by atoms with E-state index in [4.69, 9.17) is 27.9 Å². The molecule has 0 aromatic heterocycles. The summed E-state index contributed by atoms with van der Waals surface area (Å²) in [5.74, 6) is 0.0788. The predicted molar refractivity (Wildman–Crippen MR) is 94.1 cm³/mol. The van der Waals surface area contributed by atoms with Gasteiger partial charge in [0, 0.05) is 31.6 Å². The van der Waals surface area contributed by atoms with Crippen LogP contribution in [0.5, 0.6) is 0 Å².